The van der Waals surface area contributed by atoms with Crippen molar-refractivity contribution >= 4 is 29.4 Å². The van der Waals surface area contributed by atoms with Crippen molar-refractivity contribution in [2.45, 2.75) is 19.8 Å². The average molecular weight is 457 g/mol. The Hall–Kier alpha value is -4.13. The van der Waals surface area contributed by atoms with Gasteiger partial charge in [-0.1, -0.05) is 29.8 Å². The van der Waals surface area contributed by atoms with Gasteiger partial charge in [0.05, 0.1) is 6.21 Å². The van der Waals surface area contributed by atoms with E-state index in [0.717, 1.165) is 24.3 Å². The Kier molecular flexibility index (Phi) is 7.55. The number of ether oxygens (including phenoxy) is 1. The molecule has 0 radical (unpaired) electrons. The van der Waals surface area contributed by atoms with Crippen molar-refractivity contribution in [1.29, 1.82) is 0 Å². The monoisotopic (exact) mass is 456 g/mol. The van der Waals surface area contributed by atoms with Gasteiger partial charge in [-0.2, -0.15) is 5.10 Å². The molecule has 1 saturated heterocycles. The molecule has 0 aromatic heterocycles. The van der Waals surface area contributed by atoms with Gasteiger partial charge in [0.15, 0.2) is 6.61 Å². The van der Waals surface area contributed by atoms with Crippen LogP contribution in [-0.2, 0) is 4.79 Å². The molecule has 2 N–H and O–H groups in total. The van der Waals surface area contributed by atoms with Gasteiger partial charge in [-0.3, -0.25) is 9.59 Å². The molecule has 0 spiro atoms. The van der Waals surface area contributed by atoms with Crippen LogP contribution in [0.3, 0.4) is 0 Å². The molecule has 34 heavy (non-hydrogen) atoms. The molecular weight excluding hydrogens is 428 g/mol. The molecule has 7 nitrogen and oxygen atoms in total. The van der Waals surface area contributed by atoms with E-state index in [1.165, 1.54) is 19.1 Å². The normalized spacial score (nSPS) is 13.1. The Morgan fingerprint density at radius 2 is 1.68 bits per heavy atom. The summed E-state index contributed by atoms with van der Waals surface area (Å²) >= 11 is 0. The van der Waals surface area contributed by atoms with Gasteiger partial charge in [-0.25, -0.2) is 5.43 Å². The number of benzene rings is 3. The van der Waals surface area contributed by atoms with Gasteiger partial charge in [-0.05, 0) is 68.3 Å². The second-order valence-electron chi connectivity index (χ2n) is 8.18. The number of nitrogens with one attached hydrogen (secondary N) is 2. The van der Waals surface area contributed by atoms with Gasteiger partial charge in [-0.15, -0.1) is 0 Å². The van der Waals surface area contributed by atoms with E-state index in [4.69, 9.17) is 4.74 Å². The number of anilines is 2. The highest BCUT2D eigenvalue weighted by molar-refractivity contribution is 5.95. The van der Waals surface area contributed by atoms with Gasteiger partial charge in [0.1, 0.15) is 5.75 Å². The maximum Gasteiger partial charge on any atom is 0.271 e. The van der Waals surface area contributed by atoms with E-state index < -0.39 is 0 Å². The molecule has 1 aliphatic heterocycles. The molecule has 2 amide bonds. The summed E-state index contributed by atoms with van der Waals surface area (Å²) in [6.45, 7) is 3.96. The molecule has 0 saturated carbocycles. The maximum atomic E-state index is 12.4. The van der Waals surface area contributed by atoms with E-state index in [-0.39, 0.29) is 18.4 Å². The lowest BCUT2D eigenvalue weighted by atomic mass is 10.2. The number of amides is 2. The number of aryl methyl sites for hydroxylation is 1. The predicted molar refractivity (Wildman–Crippen MR) is 135 cm³/mol. The Balaban J connectivity index is 1.30. The second-order valence-corrected chi connectivity index (χ2v) is 8.18. The largest absolute Gasteiger partial charge is 0.483 e. The number of hydrazone groups is 1. The zero-order chi connectivity index (χ0) is 23.8. The van der Waals surface area contributed by atoms with E-state index in [1.807, 2.05) is 67.6 Å². The Labute approximate surface area is 199 Å². The summed E-state index contributed by atoms with van der Waals surface area (Å²) in [6, 6.07) is 22.3. The van der Waals surface area contributed by atoms with E-state index >= 15 is 0 Å². The third-order valence-corrected chi connectivity index (χ3v) is 5.58. The zero-order valence-electron chi connectivity index (χ0n) is 19.2. The van der Waals surface area contributed by atoms with Crippen LogP contribution in [0.15, 0.2) is 77.9 Å². The van der Waals surface area contributed by atoms with Crippen molar-refractivity contribution in [3.05, 3.63) is 89.5 Å². The van der Waals surface area contributed by atoms with Gasteiger partial charge in [0.25, 0.3) is 11.8 Å². The average Bonchev–Trinajstić information content (AvgIpc) is 3.40. The van der Waals surface area contributed by atoms with Crippen LogP contribution in [0.1, 0.15) is 34.3 Å². The fraction of sp³-hybridized carbons (Fsp3) is 0.222. The lowest BCUT2D eigenvalue weighted by Gasteiger charge is -2.17. The second kappa shape index (κ2) is 11.1. The van der Waals surface area contributed by atoms with Gasteiger partial charge in [0, 0.05) is 35.6 Å². The highest BCUT2D eigenvalue weighted by Crippen LogP contribution is 2.20. The van der Waals surface area contributed by atoms with Gasteiger partial charge in [0.2, 0.25) is 0 Å². The van der Waals surface area contributed by atoms with Gasteiger partial charge >= 0.3 is 0 Å². The summed E-state index contributed by atoms with van der Waals surface area (Å²) in [5, 5.41) is 6.87. The zero-order valence-corrected chi connectivity index (χ0v) is 19.2. The van der Waals surface area contributed by atoms with Crippen LogP contribution in [0.4, 0.5) is 11.4 Å². The SMILES string of the molecule is Cc1ccc(NC(=O)COc2ccccc2/C=N\NC(=O)c2ccc(N3CCCC3)cc2)cc1. The summed E-state index contributed by atoms with van der Waals surface area (Å²) in [4.78, 5) is 27.0. The van der Waals surface area contributed by atoms with E-state index in [0.29, 0.717) is 22.6 Å². The van der Waals surface area contributed by atoms with E-state index in [1.54, 1.807) is 12.1 Å². The maximum absolute atomic E-state index is 12.4. The fourth-order valence-electron chi connectivity index (χ4n) is 3.72. The minimum Gasteiger partial charge on any atom is -0.483 e. The predicted octanol–water partition coefficient (Wildman–Crippen LogP) is 4.38. The molecule has 1 fully saturated rings. The van der Waals surface area contributed by atoms with Crippen molar-refractivity contribution in [3.63, 3.8) is 0 Å². The van der Waals surface area contributed by atoms with E-state index in [9.17, 15) is 9.59 Å². The third kappa shape index (κ3) is 6.22. The van der Waals surface area contributed by atoms with Gasteiger partial charge < -0.3 is 15.0 Å². The minimum atomic E-state index is -0.292. The molecular formula is C27H28N4O3. The Bertz CT molecular complexity index is 1150. The smallest absolute Gasteiger partial charge is 0.271 e. The van der Waals surface area contributed by atoms with Crippen molar-refractivity contribution in [3.8, 4) is 5.75 Å². The van der Waals surface area contributed by atoms with E-state index in [2.05, 4.69) is 20.7 Å². The fourth-order valence-corrected chi connectivity index (χ4v) is 3.72. The van der Waals surface area contributed by atoms with Crippen LogP contribution >= 0.6 is 0 Å². The van der Waals surface area contributed by atoms with Crippen LogP contribution in [0.25, 0.3) is 0 Å². The first kappa shape index (κ1) is 23.0. The molecule has 1 aliphatic rings. The molecule has 1 heterocycles. The summed E-state index contributed by atoms with van der Waals surface area (Å²) < 4.78 is 5.68. The number of nitrogens with zero attached hydrogens (tertiary/aromatic N) is 2. The highest BCUT2D eigenvalue weighted by atomic mass is 16.5. The molecule has 0 bridgehead atoms. The quantitative estimate of drug-likeness (QED) is 0.389. The third-order valence-electron chi connectivity index (χ3n) is 5.58. The molecule has 4 rings (SSSR count). The lowest BCUT2D eigenvalue weighted by molar-refractivity contribution is -0.118. The standard InChI is InChI=1S/C27H28N4O3/c1-20-8-12-23(13-9-20)29-26(32)19-34-25-7-3-2-6-22(25)18-28-30-27(33)21-10-14-24(15-11-21)31-16-4-5-17-31/h2-3,6-15,18H,4-5,16-17,19H2,1H3,(H,29,32)(H,30,33)/b28-18-. The Morgan fingerprint density at radius 1 is 0.971 bits per heavy atom. The molecule has 3 aromatic rings. The van der Waals surface area contributed by atoms with Crippen molar-refractivity contribution in [2.75, 3.05) is 29.9 Å². The summed E-state index contributed by atoms with van der Waals surface area (Å²) in [5.41, 5.74) is 6.70. The van der Waals surface area contributed by atoms with Crippen LogP contribution in [0.2, 0.25) is 0 Å². The van der Waals surface area contributed by atoms with Crippen LogP contribution in [-0.4, -0.2) is 37.7 Å². The summed E-state index contributed by atoms with van der Waals surface area (Å²) in [5.74, 6) is -0.0594. The number of para-hydroxylation sites is 1. The van der Waals surface area contributed by atoms with Crippen molar-refractivity contribution < 1.29 is 14.3 Å². The van der Waals surface area contributed by atoms with Crippen LogP contribution < -0.4 is 20.4 Å². The minimum absolute atomic E-state index is 0.144. The summed E-state index contributed by atoms with van der Waals surface area (Å²) in [7, 11) is 0. The first-order valence-corrected chi connectivity index (χ1v) is 11.4. The highest BCUT2D eigenvalue weighted by Gasteiger charge is 2.13. The number of hydrogen-bond acceptors (Lipinski definition) is 5. The lowest BCUT2D eigenvalue weighted by Crippen LogP contribution is -2.21. The molecule has 0 atom stereocenters. The summed E-state index contributed by atoms with van der Waals surface area (Å²) in [6.07, 6.45) is 3.92. The van der Waals surface area contributed by atoms with Crippen LogP contribution in [0.5, 0.6) is 5.75 Å². The number of carbonyl (C=O) groups is 2. The molecule has 0 aliphatic carbocycles. The Morgan fingerprint density at radius 3 is 2.41 bits per heavy atom. The number of rotatable bonds is 8. The molecule has 174 valence electrons. The first-order chi connectivity index (χ1) is 16.6. The molecule has 3 aromatic carbocycles. The van der Waals surface area contributed by atoms with Crippen molar-refractivity contribution in [2.24, 2.45) is 5.10 Å². The topological polar surface area (TPSA) is 83.0 Å². The number of hydrogen-bond donors (Lipinski definition) is 2. The molecule has 7 heteroatoms. The molecule has 0 unspecified atom stereocenters. The van der Waals surface area contributed by atoms with Crippen molar-refractivity contribution in [1.82, 2.24) is 5.43 Å². The number of carbonyl (C=O) groups excluding carboxylic acids is 2. The van der Waals surface area contributed by atoms with Crippen LogP contribution in [0, 0.1) is 6.92 Å². The first-order valence-electron chi connectivity index (χ1n) is 11.4.